The zero-order valence-corrected chi connectivity index (χ0v) is 10.7. The molecule has 6 heteroatoms. The number of carbonyl (C=O) groups excluding carboxylic acids is 1. The molecule has 1 amide bonds. The second kappa shape index (κ2) is 4.65. The largest absolute Gasteiger partial charge is 0.317 e. The van der Waals surface area contributed by atoms with Gasteiger partial charge in [-0.25, -0.2) is 0 Å². The van der Waals surface area contributed by atoms with Gasteiger partial charge >= 0.3 is 0 Å². The van der Waals surface area contributed by atoms with Crippen LogP contribution in [0.15, 0.2) is 41.3 Å². The number of benzene rings is 1. The Kier molecular flexibility index (Phi) is 2.83. The third-order valence-corrected chi connectivity index (χ3v) is 3.07. The Balaban J connectivity index is 2.00. The first-order chi connectivity index (χ1) is 9.65. The van der Waals surface area contributed by atoms with Crippen LogP contribution < -0.4 is 10.9 Å². The van der Waals surface area contributed by atoms with E-state index < -0.39 is 0 Å². The van der Waals surface area contributed by atoms with Crippen LogP contribution in [0.1, 0.15) is 16.1 Å². The molecule has 6 nitrogen and oxygen atoms in total. The molecule has 0 aliphatic carbocycles. The number of aryl methyl sites for hydroxylation is 1. The number of nitrogens with one attached hydrogen (secondary N) is 3. The molecule has 20 heavy (non-hydrogen) atoms. The minimum atomic E-state index is -0.389. The van der Waals surface area contributed by atoms with Crippen LogP contribution in [0, 0.1) is 6.92 Å². The first kappa shape index (κ1) is 12.2. The van der Waals surface area contributed by atoms with E-state index in [0.29, 0.717) is 11.2 Å². The molecule has 3 N–H and O–H groups in total. The lowest BCUT2D eigenvalue weighted by atomic mass is 10.1. The zero-order chi connectivity index (χ0) is 14.1. The Morgan fingerprint density at radius 3 is 2.85 bits per heavy atom. The quantitative estimate of drug-likeness (QED) is 0.662. The van der Waals surface area contributed by atoms with Crippen molar-refractivity contribution in [3.63, 3.8) is 0 Å². The number of pyridine rings is 1. The summed E-state index contributed by atoms with van der Waals surface area (Å²) in [6.45, 7) is 1.82. The van der Waals surface area contributed by atoms with E-state index in [9.17, 15) is 9.59 Å². The van der Waals surface area contributed by atoms with E-state index in [0.717, 1.165) is 10.9 Å². The molecule has 0 saturated carbocycles. The third kappa shape index (κ3) is 2.07. The van der Waals surface area contributed by atoms with Crippen molar-refractivity contribution in [1.29, 1.82) is 0 Å². The summed E-state index contributed by atoms with van der Waals surface area (Å²) in [5.74, 6) is 0.129. The highest BCUT2D eigenvalue weighted by Crippen LogP contribution is 2.13. The van der Waals surface area contributed by atoms with Gasteiger partial charge in [0.1, 0.15) is 11.5 Å². The van der Waals surface area contributed by atoms with E-state index in [1.165, 1.54) is 0 Å². The molecule has 0 aliphatic rings. The molecule has 0 atom stereocenters. The number of rotatable bonds is 2. The molecular weight excluding hydrogens is 256 g/mol. The smallest absolute Gasteiger partial charge is 0.273 e. The number of aromatic nitrogens is 3. The first-order valence-corrected chi connectivity index (χ1v) is 6.08. The molecule has 0 unspecified atom stereocenters. The van der Waals surface area contributed by atoms with Crippen molar-refractivity contribution in [1.82, 2.24) is 15.2 Å². The Labute approximate surface area is 113 Å². The summed E-state index contributed by atoms with van der Waals surface area (Å²) in [5, 5.41) is 10.5. The molecule has 1 aromatic carbocycles. The van der Waals surface area contributed by atoms with Gasteiger partial charge in [0.25, 0.3) is 11.5 Å². The Bertz CT molecular complexity index is 848. The normalized spacial score (nSPS) is 10.7. The van der Waals surface area contributed by atoms with Crippen LogP contribution in [0.5, 0.6) is 0 Å². The summed E-state index contributed by atoms with van der Waals surface area (Å²) in [4.78, 5) is 26.6. The number of carbonyl (C=O) groups is 1. The summed E-state index contributed by atoms with van der Waals surface area (Å²) in [5.41, 5.74) is 0.749. The lowest BCUT2D eigenvalue weighted by Gasteiger charge is -2.05. The number of hydrogen-bond donors (Lipinski definition) is 3. The van der Waals surface area contributed by atoms with Crippen LogP contribution in [0.2, 0.25) is 0 Å². The summed E-state index contributed by atoms with van der Waals surface area (Å²) in [6.07, 6.45) is 1.61. The molecule has 0 saturated heterocycles. The lowest BCUT2D eigenvalue weighted by Crippen LogP contribution is -2.19. The predicted octanol–water partition coefficient (Wildman–Crippen LogP) is 1.81. The molecule has 0 spiro atoms. The van der Waals surface area contributed by atoms with Gasteiger partial charge in [0.05, 0.1) is 6.20 Å². The monoisotopic (exact) mass is 268 g/mol. The van der Waals surface area contributed by atoms with Gasteiger partial charge in [0, 0.05) is 10.9 Å². The molecule has 0 fully saturated rings. The van der Waals surface area contributed by atoms with Crippen molar-refractivity contribution in [2.45, 2.75) is 6.92 Å². The van der Waals surface area contributed by atoms with E-state index >= 15 is 0 Å². The fourth-order valence-electron chi connectivity index (χ4n) is 1.99. The molecule has 2 heterocycles. The van der Waals surface area contributed by atoms with Crippen molar-refractivity contribution in [3.05, 3.63) is 58.1 Å². The number of H-pyrrole nitrogens is 2. The predicted molar refractivity (Wildman–Crippen MR) is 75.8 cm³/mol. The van der Waals surface area contributed by atoms with Gasteiger partial charge < -0.3 is 10.3 Å². The van der Waals surface area contributed by atoms with Crippen LogP contribution in [-0.4, -0.2) is 21.1 Å². The molecule has 100 valence electrons. The molecule has 3 aromatic rings. The van der Waals surface area contributed by atoms with Gasteiger partial charge in [-0.2, -0.15) is 5.10 Å². The van der Waals surface area contributed by atoms with Gasteiger partial charge in [0.15, 0.2) is 0 Å². The van der Waals surface area contributed by atoms with Gasteiger partial charge in [-0.3, -0.25) is 14.7 Å². The number of fused-ring (bicyclic) bond motifs is 1. The molecule has 3 rings (SSSR count). The number of hydrogen-bond acceptors (Lipinski definition) is 3. The highest BCUT2D eigenvalue weighted by molar-refractivity contribution is 6.04. The minimum absolute atomic E-state index is 0.211. The lowest BCUT2D eigenvalue weighted by molar-refractivity contribution is 0.102. The van der Waals surface area contributed by atoms with Crippen LogP contribution in [-0.2, 0) is 0 Å². The highest BCUT2D eigenvalue weighted by Gasteiger charge is 2.11. The minimum Gasteiger partial charge on any atom is -0.317 e. The Morgan fingerprint density at radius 1 is 1.30 bits per heavy atom. The zero-order valence-electron chi connectivity index (χ0n) is 10.7. The van der Waals surface area contributed by atoms with Crippen molar-refractivity contribution in [2.75, 3.05) is 5.32 Å². The Hall–Kier alpha value is -2.89. The average Bonchev–Trinajstić information content (AvgIpc) is 2.84. The summed E-state index contributed by atoms with van der Waals surface area (Å²) in [7, 11) is 0. The summed E-state index contributed by atoms with van der Waals surface area (Å²) >= 11 is 0. The number of anilines is 1. The molecule has 0 radical (unpaired) electrons. The van der Waals surface area contributed by atoms with E-state index in [4.69, 9.17) is 0 Å². The van der Waals surface area contributed by atoms with Gasteiger partial charge in [0.2, 0.25) is 0 Å². The maximum atomic E-state index is 12.1. The maximum absolute atomic E-state index is 12.1. The van der Waals surface area contributed by atoms with Crippen LogP contribution >= 0.6 is 0 Å². The third-order valence-electron chi connectivity index (χ3n) is 3.07. The van der Waals surface area contributed by atoms with Crippen molar-refractivity contribution < 1.29 is 4.79 Å². The first-order valence-electron chi connectivity index (χ1n) is 6.08. The van der Waals surface area contributed by atoms with Gasteiger partial charge in [-0.05, 0) is 24.4 Å². The standard InChI is InChI=1S/C14H12N4O2/c1-8-7-15-18-12(8)17-14(20)11-6-9-4-2-3-5-10(9)13(19)16-11/h2-7H,1H3,(H,16,19)(H2,15,17,18,20). The average molecular weight is 268 g/mol. The molecule has 2 aromatic heterocycles. The molecule has 0 bridgehead atoms. The van der Waals surface area contributed by atoms with E-state index in [2.05, 4.69) is 20.5 Å². The topological polar surface area (TPSA) is 90.6 Å². The summed E-state index contributed by atoms with van der Waals surface area (Å²) in [6, 6.07) is 8.77. The van der Waals surface area contributed by atoms with E-state index in [1.807, 2.05) is 13.0 Å². The molecule has 0 aliphatic heterocycles. The number of aromatic amines is 2. The van der Waals surface area contributed by atoms with Crippen LogP contribution in [0.3, 0.4) is 0 Å². The number of nitrogens with zero attached hydrogens (tertiary/aromatic N) is 1. The van der Waals surface area contributed by atoms with Crippen molar-refractivity contribution in [3.8, 4) is 0 Å². The Morgan fingerprint density at radius 2 is 2.10 bits per heavy atom. The van der Waals surface area contributed by atoms with Gasteiger partial charge in [-0.1, -0.05) is 18.2 Å². The van der Waals surface area contributed by atoms with Crippen LogP contribution in [0.4, 0.5) is 5.82 Å². The van der Waals surface area contributed by atoms with Gasteiger partial charge in [-0.15, -0.1) is 0 Å². The second-order valence-electron chi connectivity index (χ2n) is 4.48. The second-order valence-corrected chi connectivity index (χ2v) is 4.48. The van der Waals surface area contributed by atoms with Crippen molar-refractivity contribution in [2.24, 2.45) is 0 Å². The van der Waals surface area contributed by atoms with E-state index in [-0.39, 0.29) is 17.2 Å². The van der Waals surface area contributed by atoms with Crippen molar-refractivity contribution >= 4 is 22.5 Å². The number of amides is 1. The molecular formula is C14H12N4O2. The SMILES string of the molecule is Cc1cn[nH]c1NC(=O)c1cc2ccccc2c(=O)[nH]1. The summed E-state index contributed by atoms with van der Waals surface area (Å²) < 4.78 is 0. The highest BCUT2D eigenvalue weighted by atomic mass is 16.2. The fourth-order valence-corrected chi connectivity index (χ4v) is 1.99. The maximum Gasteiger partial charge on any atom is 0.273 e. The van der Waals surface area contributed by atoms with E-state index in [1.54, 1.807) is 30.5 Å². The fraction of sp³-hybridized carbons (Fsp3) is 0.0714. The van der Waals surface area contributed by atoms with Crippen LogP contribution in [0.25, 0.3) is 10.8 Å².